The topological polar surface area (TPSA) is 169 Å². The minimum Gasteiger partial charge on any atom is -0.343 e. The van der Waals surface area contributed by atoms with Gasteiger partial charge in [-0.15, -0.1) is 0 Å². The number of para-hydroxylation sites is 1. The van der Waals surface area contributed by atoms with Gasteiger partial charge in [-0.05, 0) is 37.0 Å². The van der Waals surface area contributed by atoms with E-state index in [0.717, 1.165) is 16.5 Å². The zero-order valence-electron chi connectivity index (χ0n) is 21.3. The highest BCUT2D eigenvalue weighted by atomic mass is 16.2. The van der Waals surface area contributed by atoms with Gasteiger partial charge in [0, 0.05) is 37.0 Å². The van der Waals surface area contributed by atoms with Crippen molar-refractivity contribution >= 4 is 34.3 Å². The molecule has 38 heavy (non-hydrogen) atoms. The lowest BCUT2D eigenvalue weighted by Gasteiger charge is -2.21. The van der Waals surface area contributed by atoms with E-state index >= 15 is 0 Å². The Labute approximate surface area is 221 Å². The van der Waals surface area contributed by atoms with Gasteiger partial charge in [-0.25, -0.2) is 0 Å². The third kappa shape index (κ3) is 7.12. The van der Waals surface area contributed by atoms with E-state index in [2.05, 4.69) is 15.6 Å². The molecule has 0 unspecified atom stereocenters. The number of likely N-dealkylation sites (tertiary alicyclic amines) is 1. The fourth-order valence-corrected chi connectivity index (χ4v) is 4.50. The summed E-state index contributed by atoms with van der Waals surface area (Å²) in [6.45, 7) is 0.791. The Morgan fingerprint density at radius 2 is 1.63 bits per heavy atom. The molecule has 1 saturated heterocycles. The lowest BCUT2D eigenvalue weighted by molar-refractivity contribution is -0.131. The summed E-state index contributed by atoms with van der Waals surface area (Å²) in [4.78, 5) is 44.7. The van der Waals surface area contributed by atoms with Gasteiger partial charge in [0.25, 0.3) is 0 Å². The van der Waals surface area contributed by atoms with Gasteiger partial charge in [-0.2, -0.15) is 0 Å². The monoisotopic (exact) mass is 517 g/mol. The number of fused-ring (bicyclic) bond motifs is 1. The molecular formula is C28H35N7O3. The lowest BCUT2D eigenvalue weighted by atomic mass is 10.0. The number of amides is 3. The Balaban J connectivity index is 1.38. The molecule has 1 aliphatic rings. The Morgan fingerprint density at radius 1 is 0.947 bits per heavy atom. The van der Waals surface area contributed by atoms with Gasteiger partial charge >= 0.3 is 0 Å². The van der Waals surface area contributed by atoms with Crippen molar-refractivity contribution in [2.75, 3.05) is 18.4 Å². The van der Waals surface area contributed by atoms with E-state index in [4.69, 9.17) is 17.2 Å². The predicted molar refractivity (Wildman–Crippen MR) is 147 cm³/mol. The molecule has 0 aliphatic carbocycles. The van der Waals surface area contributed by atoms with Crippen LogP contribution in [-0.2, 0) is 20.8 Å². The number of aryl methyl sites for hydroxylation is 1. The van der Waals surface area contributed by atoms with Crippen molar-refractivity contribution in [1.82, 2.24) is 15.2 Å². The number of nitrogens with two attached hydrogens (primary N) is 3. The van der Waals surface area contributed by atoms with E-state index < -0.39 is 18.0 Å². The van der Waals surface area contributed by atoms with E-state index in [1.807, 2.05) is 60.7 Å². The predicted octanol–water partition coefficient (Wildman–Crippen LogP) is 0.895. The highest BCUT2D eigenvalue weighted by Gasteiger charge is 2.31. The van der Waals surface area contributed by atoms with Crippen LogP contribution in [0.2, 0.25) is 0 Å². The SMILES string of the molecule is N[C@@H](CCC(=O)N1C[C@H](N)[C@@H](N)C1)C(=O)N[C@H](CCc1ccccc1)C(=O)Nc1cnc2ccccc2c1. The zero-order valence-corrected chi connectivity index (χ0v) is 21.3. The smallest absolute Gasteiger partial charge is 0.247 e. The van der Waals surface area contributed by atoms with Crippen molar-refractivity contribution in [3.8, 4) is 0 Å². The van der Waals surface area contributed by atoms with Crippen molar-refractivity contribution < 1.29 is 14.4 Å². The van der Waals surface area contributed by atoms with Crippen LogP contribution in [0.4, 0.5) is 5.69 Å². The number of nitrogens with one attached hydrogen (secondary N) is 2. The number of hydrogen-bond donors (Lipinski definition) is 5. The van der Waals surface area contributed by atoms with Crippen LogP contribution in [0, 0.1) is 0 Å². The van der Waals surface area contributed by atoms with Gasteiger partial charge in [0.15, 0.2) is 0 Å². The standard InChI is InChI=1S/C28H35N7O3/c29-21(11-13-26(36)35-16-22(30)23(31)17-35)27(37)34-25(12-10-18-6-2-1-3-7-18)28(38)33-20-14-19-8-4-5-9-24(19)32-15-20/h1-9,14-15,21-23,25H,10-13,16-17,29-31H2,(H,33,38)(H,34,37)/t21-,22-,23-,25+/m0/s1. The largest absolute Gasteiger partial charge is 0.343 e. The van der Waals surface area contributed by atoms with Gasteiger partial charge < -0.3 is 32.7 Å². The zero-order chi connectivity index (χ0) is 27.1. The lowest BCUT2D eigenvalue weighted by Crippen LogP contribution is -2.50. The van der Waals surface area contributed by atoms with Crippen LogP contribution in [-0.4, -0.2) is 64.9 Å². The van der Waals surface area contributed by atoms with Crippen LogP contribution in [0.15, 0.2) is 66.9 Å². The molecule has 200 valence electrons. The van der Waals surface area contributed by atoms with Gasteiger partial charge in [-0.3, -0.25) is 19.4 Å². The Bertz CT molecular complexity index is 1260. The normalized spacial score (nSPS) is 18.7. The summed E-state index contributed by atoms with van der Waals surface area (Å²) in [6.07, 6.45) is 2.78. The molecule has 4 rings (SSSR count). The van der Waals surface area contributed by atoms with Crippen LogP contribution in [0.25, 0.3) is 10.9 Å². The number of pyridine rings is 1. The molecule has 10 nitrogen and oxygen atoms in total. The van der Waals surface area contributed by atoms with E-state index in [1.165, 1.54) is 0 Å². The number of hydrogen-bond acceptors (Lipinski definition) is 7. The number of rotatable bonds is 10. The molecule has 0 spiro atoms. The molecule has 2 heterocycles. The second kappa shape index (κ2) is 12.6. The summed E-state index contributed by atoms with van der Waals surface area (Å²) in [5.74, 6) is -0.994. The number of nitrogens with zero attached hydrogens (tertiary/aromatic N) is 2. The van der Waals surface area contributed by atoms with Crippen molar-refractivity contribution in [1.29, 1.82) is 0 Å². The van der Waals surface area contributed by atoms with E-state index in [9.17, 15) is 14.4 Å². The summed E-state index contributed by atoms with van der Waals surface area (Å²) in [7, 11) is 0. The van der Waals surface area contributed by atoms with Gasteiger partial charge in [0.05, 0.1) is 23.4 Å². The van der Waals surface area contributed by atoms with Crippen LogP contribution >= 0.6 is 0 Å². The fourth-order valence-electron chi connectivity index (χ4n) is 4.50. The molecule has 3 aromatic rings. The van der Waals surface area contributed by atoms with Crippen molar-refractivity contribution in [2.45, 2.75) is 49.9 Å². The number of carbonyl (C=O) groups excluding carboxylic acids is 3. The molecule has 1 aliphatic heterocycles. The van der Waals surface area contributed by atoms with Crippen LogP contribution in [0.1, 0.15) is 24.8 Å². The van der Waals surface area contributed by atoms with Gasteiger partial charge in [-0.1, -0.05) is 48.5 Å². The van der Waals surface area contributed by atoms with Crippen LogP contribution in [0.3, 0.4) is 0 Å². The number of aromatic nitrogens is 1. The first kappa shape index (κ1) is 27.2. The molecule has 1 fully saturated rings. The van der Waals surface area contributed by atoms with Crippen molar-refractivity contribution in [2.24, 2.45) is 17.2 Å². The van der Waals surface area contributed by atoms with Crippen LogP contribution in [0.5, 0.6) is 0 Å². The van der Waals surface area contributed by atoms with E-state index in [-0.39, 0.29) is 36.7 Å². The minimum atomic E-state index is -0.946. The third-order valence-electron chi connectivity index (χ3n) is 6.83. The Kier molecular flexibility index (Phi) is 9.01. The highest BCUT2D eigenvalue weighted by Crippen LogP contribution is 2.17. The number of benzene rings is 2. The highest BCUT2D eigenvalue weighted by molar-refractivity contribution is 5.99. The summed E-state index contributed by atoms with van der Waals surface area (Å²) >= 11 is 0. The molecule has 8 N–H and O–H groups in total. The summed E-state index contributed by atoms with van der Waals surface area (Å²) < 4.78 is 0. The molecule has 1 aromatic heterocycles. The first-order valence-electron chi connectivity index (χ1n) is 12.8. The minimum absolute atomic E-state index is 0.0949. The van der Waals surface area contributed by atoms with Crippen molar-refractivity contribution in [3.63, 3.8) is 0 Å². The van der Waals surface area contributed by atoms with Crippen molar-refractivity contribution in [3.05, 3.63) is 72.4 Å². The van der Waals surface area contributed by atoms with Gasteiger partial charge in [0.2, 0.25) is 17.7 Å². The second-order valence-electron chi connectivity index (χ2n) is 9.76. The average Bonchev–Trinajstić information content (AvgIpc) is 3.27. The molecule has 0 radical (unpaired) electrons. The molecular weight excluding hydrogens is 482 g/mol. The first-order chi connectivity index (χ1) is 18.3. The number of carbonyl (C=O) groups is 3. The number of anilines is 1. The maximum Gasteiger partial charge on any atom is 0.247 e. The average molecular weight is 518 g/mol. The third-order valence-corrected chi connectivity index (χ3v) is 6.83. The fraction of sp³-hybridized carbons (Fsp3) is 0.357. The van der Waals surface area contributed by atoms with E-state index in [0.29, 0.717) is 31.6 Å². The molecule has 0 bridgehead atoms. The Morgan fingerprint density at radius 3 is 2.37 bits per heavy atom. The van der Waals surface area contributed by atoms with Gasteiger partial charge in [0.1, 0.15) is 6.04 Å². The molecule has 0 saturated carbocycles. The summed E-state index contributed by atoms with van der Waals surface area (Å²) in [5, 5.41) is 6.55. The van der Waals surface area contributed by atoms with E-state index in [1.54, 1.807) is 11.1 Å². The molecule has 10 heteroatoms. The maximum atomic E-state index is 13.3. The molecule has 3 amide bonds. The quantitative estimate of drug-likeness (QED) is 0.266. The molecule has 4 atom stereocenters. The maximum absolute atomic E-state index is 13.3. The van der Waals surface area contributed by atoms with Crippen LogP contribution < -0.4 is 27.8 Å². The summed E-state index contributed by atoms with van der Waals surface area (Å²) in [5.41, 5.74) is 20.3. The summed E-state index contributed by atoms with van der Waals surface area (Å²) in [6, 6.07) is 16.9. The first-order valence-corrected chi connectivity index (χ1v) is 12.8. The second-order valence-corrected chi connectivity index (χ2v) is 9.76. The Hall–Kier alpha value is -3.86. The molecule has 2 aromatic carbocycles.